The molecule has 2 aliphatic heterocycles. The van der Waals surface area contributed by atoms with Crippen molar-refractivity contribution in [2.24, 2.45) is 0 Å². The predicted octanol–water partition coefficient (Wildman–Crippen LogP) is 2.07. The van der Waals surface area contributed by atoms with Gasteiger partial charge in [0.1, 0.15) is 17.4 Å². The van der Waals surface area contributed by atoms with Gasteiger partial charge in [-0.3, -0.25) is 9.69 Å². The minimum atomic E-state index is 0.157. The number of hydrogen-bond acceptors (Lipinski definition) is 5. The number of fused-ring (bicyclic) bond motifs is 1. The van der Waals surface area contributed by atoms with Gasteiger partial charge in [-0.05, 0) is 30.5 Å². The molecule has 1 fully saturated rings. The summed E-state index contributed by atoms with van der Waals surface area (Å²) in [6.45, 7) is 7.04. The van der Waals surface area contributed by atoms with E-state index in [0.29, 0.717) is 5.92 Å². The number of carbonyl (C=O) groups excluding carboxylic acids is 1. The summed E-state index contributed by atoms with van der Waals surface area (Å²) in [4.78, 5) is 16.2. The molecule has 0 saturated carbocycles. The van der Waals surface area contributed by atoms with Crippen molar-refractivity contribution in [1.29, 1.82) is 0 Å². The molecule has 0 unspecified atom stereocenters. The molecule has 28 heavy (non-hydrogen) atoms. The molecule has 0 aliphatic carbocycles. The Morgan fingerprint density at radius 2 is 2.11 bits per heavy atom. The summed E-state index contributed by atoms with van der Waals surface area (Å²) < 4.78 is 7.65. The third-order valence-electron chi connectivity index (χ3n) is 5.92. The summed E-state index contributed by atoms with van der Waals surface area (Å²) in [5.41, 5.74) is 1.27. The van der Waals surface area contributed by atoms with Gasteiger partial charge >= 0.3 is 0 Å². The van der Waals surface area contributed by atoms with Crippen LogP contribution in [-0.4, -0.2) is 63.8 Å². The van der Waals surface area contributed by atoms with Crippen LogP contribution in [0.2, 0.25) is 0 Å². The third kappa shape index (κ3) is 4.04. The van der Waals surface area contributed by atoms with E-state index in [2.05, 4.69) is 31.8 Å². The summed E-state index contributed by atoms with van der Waals surface area (Å²) in [6, 6.07) is 8.28. The quantitative estimate of drug-likeness (QED) is 0.809. The second-order valence-corrected chi connectivity index (χ2v) is 7.81. The monoisotopic (exact) mass is 383 g/mol. The fourth-order valence-corrected chi connectivity index (χ4v) is 4.35. The standard InChI is InChI=1S/C21H29N5O2/c1-16(27)25-9-4-6-18(15-25)21-23-22-20-8-10-24(11-12-26(20)21)14-17-5-3-7-19(13-17)28-2/h3,5,7,13,18H,4,6,8-12,14-15H2,1-2H3/t18-/m1/s1. The van der Waals surface area contributed by atoms with Gasteiger partial charge in [0.15, 0.2) is 0 Å². The first-order valence-corrected chi connectivity index (χ1v) is 10.2. The normalized spacial score (nSPS) is 20.5. The van der Waals surface area contributed by atoms with Gasteiger partial charge in [0, 0.05) is 58.5 Å². The molecule has 2 aliphatic rings. The van der Waals surface area contributed by atoms with E-state index in [1.807, 2.05) is 17.0 Å². The van der Waals surface area contributed by atoms with E-state index in [4.69, 9.17) is 4.74 Å². The zero-order valence-corrected chi connectivity index (χ0v) is 16.8. The molecule has 0 bridgehead atoms. The van der Waals surface area contributed by atoms with E-state index in [0.717, 1.165) is 75.9 Å². The average Bonchev–Trinajstić information content (AvgIpc) is 3.03. The van der Waals surface area contributed by atoms with Crippen molar-refractivity contribution in [3.8, 4) is 5.75 Å². The number of ether oxygens (including phenoxy) is 1. The molecule has 1 amide bonds. The van der Waals surface area contributed by atoms with Crippen molar-refractivity contribution in [1.82, 2.24) is 24.6 Å². The molecule has 1 saturated heterocycles. The van der Waals surface area contributed by atoms with Crippen LogP contribution >= 0.6 is 0 Å². The zero-order chi connectivity index (χ0) is 19.5. The first kappa shape index (κ1) is 18.9. The summed E-state index contributed by atoms with van der Waals surface area (Å²) in [5, 5.41) is 9.02. The van der Waals surface area contributed by atoms with Gasteiger partial charge in [-0.15, -0.1) is 10.2 Å². The summed E-state index contributed by atoms with van der Waals surface area (Å²) in [6.07, 6.45) is 3.02. The van der Waals surface area contributed by atoms with E-state index in [9.17, 15) is 4.79 Å². The van der Waals surface area contributed by atoms with Crippen LogP contribution < -0.4 is 4.74 Å². The first-order valence-electron chi connectivity index (χ1n) is 10.2. The fourth-order valence-electron chi connectivity index (χ4n) is 4.35. The topological polar surface area (TPSA) is 63.5 Å². The second kappa shape index (κ2) is 8.31. The number of methoxy groups -OCH3 is 1. The highest BCUT2D eigenvalue weighted by molar-refractivity contribution is 5.73. The Hall–Kier alpha value is -2.41. The number of hydrogen-bond donors (Lipinski definition) is 0. The van der Waals surface area contributed by atoms with Crippen LogP contribution in [0.15, 0.2) is 24.3 Å². The van der Waals surface area contributed by atoms with E-state index in [-0.39, 0.29) is 5.91 Å². The number of rotatable bonds is 4. The number of benzene rings is 1. The highest BCUT2D eigenvalue weighted by Crippen LogP contribution is 2.27. The minimum Gasteiger partial charge on any atom is -0.497 e. The number of piperidine rings is 1. The van der Waals surface area contributed by atoms with Crippen molar-refractivity contribution in [2.45, 2.75) is 45.2 Å². The van der Waals surface area contributed by atoms with E-state index < -0.39 is 0 Å². The van der Waals surface area contributed by atoms with Crippen molar-refractivity contribution in [2.75, 3.05) is 33.3 Å². The molecule has 1 aromatic carbocycles. The molecule has 150 valence electrons. The van der Waals surface area contributed by atoms with Crippen LogP contribution in [0.1, 0.15) is 42.9 Å². The van der Waals surface area contributed by atoms with Crippen LogP contribution in [0.5, 0.6) is 5.75 Å². The maximum Gasteiger partial charge on any atom is 0.219 e. The largest absolute Gasteiger partial charge is 0.497 e. The van der Waals surface area contributed by atoms with Gasteiger partial charge in [0.05, 0.1) is 7.11 Å². The maximum atomic E-state index is 11.8. The van der Waals surface area contributed by atoms with Gasteiger partial charge in [-0.1, -0.05) is 12.1 Å². The molecular formula is C21H29N5O2. The van der Waals surface area contributed by atoms with Crippen molar-refractivity contribution in [3.05, 3.63) is 41.5 Å². The Labute approximate surface area is 166 Å². The molecule has 7 nitrogen and oxygen atoms in total. The van der Waals surface area contributed by atoms with Crippen LogP contribution in [0.3, 0.4) is 0 Å². The Bertz CT molecular complexity index is 834. The lowest BCUT2D eigenvalue weighted by Gasteiger charge is -2.31. The average molecular weight is 383 g/mol. The van der Waals surface area contributed by atoms with Crippen LogP contribution in [-0.2, 0) is 24.3 Å². The fraction of sp³-hybridized carbons (Fsp3) is 0.571. The Morgan fingerprint density at radius 3 is 2.93 bits per heavy atom. The molecule has 1 aromatic heterocycles. The molecule has 4 rings (SSSR count). The lowest BCUT2D eigenvalue weighted by Crippen LogP contribution is -2.38. The predicted molar refractivity (Wildman–Crippen MR) is 106 cm³/mol. The van der Waals surface area contributed by atoms with Crippen molar-refractivity contribution >= 4 is 5.91 Å². The minimum absolute atomic E-state index is 0.157. The highest BCUT2D eigenvalue weighted by atomic mass is 16.5. The number of nitrogens with zero attached hydrogens (tertiary/aromatic N) is 5. The van der Waals surface area contributed by atoms with E-state index >= 15 is 0 Å². The lowest BCUT2D eigenvalue weighted by atomic mass is 9.97. The SMILES string of the molecule is COc1cccc(CN2CCc3nnc([C@@H]4CCCN(C(C)=O)C4)n3CC2)c1. The Morgan fingerprint density at radius 1 is 1.21 bits per heavy atom. The summed E-state index contributed by atoms with van der Waals surface area (Å²) in [7, 11) is 1.71. The molecule has 0 N–H and O–H groups in total. The van der Waals surface area contributed by atoms with Crippen LogP contribution in [0, 0.1) is 0 Å². The van der Waals surface area contributed by atoms with Crippen molar-refractivity contribution < 1.29 is 9.53 Å². The summed E-state index contributed by atoms with van der Waals surface area (Å²) >= 11 is 0. The Balaban J connectivity index is 1.44. The third-order valence-corrected chi connectivity index (χ3v) is 5.92. The summed E-state index contributed by atoms with van der Waals surface area (Å²) in [5.74, 6) is 3.49. The lowest BCUT2D eigenvalue weighted by molar-refractivity contribution is -0.130. The highest BCUT2D eigenvalue weighted by Gasteiger charge is 2.29. The number of likely N-dealkylation sites (tertiary alicyclic amines) is 1. The smallest absolute Gasteiger partial charge is 0.219 e. The van der Waals surface area contributed by atoms with Gasteiger partial charge in [-0.25, -0.2) is 0 Å². The molecule has 2 aromatic rings. The first-order chi connectivity index (χ1) is 13.6. The van der Waals surface area contributed by atoms with Crippen LogP contribution in [0.25, 0.3) is 0 Å². The molecular weight excluding hydrogens is 354 g/mol. The van der Waals surface area contributed by atoms with Gasteiger partial charge in [0.2, 0.25) is 5.91 Å². The number of carbonyl (C=O) groups is 1. The van der Waals surface area contributed by atoms with E-state index in [1.54, 1.807) is 14.0 Å². The molecule has 0 spiro atoms. The second-order valence-electron chi connectivity index (χ2n) is 7.81. The number of amides is 1. The molecule has 7 heteroatoms. The van der Waals surface area contributed by atoms with Gasteiger partial charge in [0.25, 0.3) is 0 Å². The molecule has 1 atom stereocenters. The van der Waals surface area contributed by atoms with Crippen LogP contribution in [0.4, 0.5) is 0 Å². The Kier molecular flexibility index (Phi) is 5.62. The van der Waals surface area contributed by atoms with E-state index in [1.165, 1.54) is 5.56 Å². The maximum absolute atomic E-state index is 11.8. The van der Waals surface area contributed by atoms with Gasteiger partial charge < -0.3 is 14.2 Å². The zero-order valence-electron chi connectivity index (χ0n) is 16.8. The molecule has 0 radical (unpaired) electrons. The number of aromatic nitrogens is 3. The van der Waals surface area contributed by atoms with Crippen molar-refractivity contribution in [3.63, 3.8) is 0 Å². The molecule has 3 heterocycles. The van der Waals surface area contributed by atoms with Gasteiger partial charge in [-0.2, -0.15) is 0 Å².